The van der Waals surface area contributed by atoms with Crippen LogP contribution in [0.15, 0.2) is 66.7 Å². The van der Waals surface area contributed by atoms with Gasteiger partial charge in [-0.15, -0.1) is 0 Å². The van der Waals surface area contributed by atoms with Crippen LogP contribution in [0.4, 0.5) is 0 Å². The molecule has 8 nitrogen and oxygen atoms in total. The number of carbonyl (C=O) groups is 3. The minimum atomic E-state index is -0.666. The van der Waals surface area contributed by atoms with Gasteiger partial charge in [-0.3, -0.25) is 19.3 Å². The molecule has 0 spiro atoms. The van der Waals surface area contributed by atoms with Crippen molar-refractivity contribution in [1.29, 1.82) is 0 Å². The zero-order chi connectivity index (χ0) is 27.5. The number of carbonyl (C=O) groups excluding carboxylic acids is 3. The zero-order valence-corrected chi connectivity index (χ0v) is 22.3. The first-order valence-corrected chi connectivity index (χ1v) is 13.7. The van der Waals surface area contributed by atoms with Gasteiger partial charge in [-0.25, -0.2) is 0 Å². The molecule has 2 aromatic rings. The van der Waals surface area contributed by atoms with Crippen LogP contribution in [0.3, 0.4) is 0 Å². The molecule has 1 heterocycles. The molecule has 2 fully saturated rings. The fourth-order valence-electron chi connectivity index (χ4n) is 5.35. The average Bonchev–Trinajstić information content (AvgIpc) is 3.28. The lowest BCUT2D eigenvalue weighted by Gasteiger charge is -2.35. The second-order valence-electron chi connectivity index (χ2n) is 10.1. The summed E-state index contributed by atoms with van der Waals surface area (Å²) in [7, 11) is 0. The predicted molar refractivity (Wildman–Crippen MR) is 148 cm³/mol. The summed E-state index contributed by atoms with van der Waals surface area (Å²) < 4.78 is 16.7. The lowest BCUT2D eigenvalue weighted by molar-refractivity contribution is -0.147. The van der Waals surface area contributed by atoms with Gasteiger partial charge in [0.15, 0.2) is 12.4 Å². The molecule has 8 heteroatoms. The van der Waals surface area contributed by atoms with Crippen LogP contribution in [0.25, 0.3) is 11.1 Å². The SMILES string of the molecule is NC(=O)COC(=O)CC/C=C\CCC1[C@@H](OCc2ccc(-c3ccccc3)cc2)CC(=O)[C@@H]1N1CCOCC1. The molecule has 1 aliphatic heterocycles. The van der Waals surface area contributed by atoms with Gasteiger partial charge < -0.3 is 19.9 Å². The maximum atomic E-state index is 13.2. The van der Waals surface area contributed by atoms with Crippen molar-refractivity contribution in [3.05, 3.63) is 72.3 Å². The molecule has 2 aromatic carbocycles. The number of primary amides is 1. The molecule has 1 aliphatic carbocycles. The van der Waals surface area contributed by atoms with Crippen LogP contribution in [0.1, 0.15) is 37.7 Å². The summed E-state index contributed by atoms with van der Waals surface area (Å²) in [4.78, 5) is 37.8. The Morgan fingerprint density at radius 2 is 1.67 bits per heavy atom. The highest BCUT2D eigenvalue weighted by atomic mass is 16.5. The topological polar surface area (TPSA) is 108 Å². The largest absolute Gasteiger partial charge is 0.456 e. The summed E-state index contributed by atoms with van der Waals surface area (Å²) in [6.45, 7) is 2.86. The molecule has 1 saturated heterocycles. The highest BCUT2D eigenvalue weighted by Gasteiger charge is 2.45. The van der Waals surface area contributed by atoms with Gasteiger partial charge in [-0.05, 0) is 36.0 Å². The van der Waals surface area contributed by atoms with Gasteiger partial charge >= 0.3 is 5.97 Å². The standard InChI is InChI=1S/C31H38N2O6/c32-29(35)22-39-30(36)11-7-2-1-6-10-26-28(20-27(34)31(26)33-16-18-37-19-17-33)38-21-23-12-14-25(15-13-23)24-8-4-3-5-9-24/h1-5,8-9,12-15,26,28,31H,6-7,10-11,16-22H2,(H2,32,35)/b2-1-/t26?,28-,31+/m0/s1. The van der Waals surface area contributed by atoms with Crippen LogP contribution < -0.4 is 5.73 Å². The Morgan fingerprint density at radius 3 is 2.38 bits per heavy atom. The quantitative estimate of drug-likeness (QED) is 0.309. The van der Waals surface area contributed by atoms with Gasteiger partial charge in [0.25, 0.3) is 5.91 Å². The van der Waals surface area contributed by atoms with E-state index in [-0.39, 0.29) is 36.9 Å². The molecule has 2 N–H and O–H groups in total. The van der Waals surface area contributed by atoms with Crippen LogP contribution >= 0.6 is 0 Å². The Bertz CT molecular complexity index is 1110. The first kappa shape index (κ1) is 28.7. The first-order valence-electron chi connectivity index (χ1n) is 13.7. The van der Waals surface area contributed by atoms with Gasteiger partial charge in [0.05, 0.1) is 32.0 Å². The third-order valence-corrected chi connectivity index (χ3v) is 7.30. The Balaban J connectivity index is 1.32. The third kappa shape index (κ3) is 8.58. The second-order valence-corrected chi connectivity index (χ2v) is 10.1. The number of ketones is 1. The molecule has 1 saturated carbocycles. The van der Waals surface area contributed by atoms with E-state index in [0.29, 0.717) is 32.7 Å². The number of esters is 1. The highest BCUT2D eigenvalue weighted by molar-refractivity contribution is 5.87. The normalized spacial score (nSPS) is 21.8. The van der Waals surface area contributed by atoms with Gasteiger partial charge in [0.1, 0.15) is 0 Å². The number of Topliss-reactive ketones (excluding diaryl/α,β-unsaturated/α-hetero) is 1. The maximum absolute atomic E-state index is 13.2. The van der Waals surface area contributed by atoms with Crippen molar-refractivity contribution in [2.24, 2.45) is 11.7 Å². The fourth-order valence-corrected chi connectivity index (χ4v) is 5.35. The number of nitrogens with two attached hydrogens (primary N) is 1. The number of rotatable bonds is 13. The molecular formula is C31H38N2O6. The van der Waals surface area contributed by atoms with E-state index < -0.39 is 11.9 Å². The Kier molecular flexibility index (Phi) is 10.8. The maximum Gasteiger partial charge on any atom is 0.306 e. The Labute approximate surface area is 230 Å². The van der Waals surface area contributed by atoms with Crippen LogP contribution in [-0.2, 0) is 35.2 Å². The molecule has 208 valence electrons. The molecule has 3 atom stereocenters. The second kappa shape index (κ2) is 14.7. The molecule has 2 aliphatic rings. The van der Waals surface area contributed by atoms with Crippen LogP contribution in [0.5, 0.6) is 0 Å². The van der Waals surface area contributed by atoms with E-state index in [9.17, 15) is 14.4 Å². The zero-order valence-electron chi connectivity index (χ0n) is 22.3. The Hall–Kier alpha value is -3.33. The molecular weight excluding hydrogens is 496 g/mol. The number of allylic oxidation sites excluding steroid dienone is 2. The van der Waals surface area contributed by atoms with Crippen LogP contribution in [-0.4, -0.2) is 67.6 Å². The van der Waals surface area contributed by atoms with Crippen LogP contribution in [0, 0.1) is 5.92 Å². The summed E-state index contributed by atoms with van der Waals surface area (Å²) in [5.74, 6) is -0.782. The van der Waals surface area contributed by atoms with Crippen molar-refractivity contribution in [1.82, 2.24) is 4.90 Å². The average molecular weight is 535 g/mol. The lowest BCUT2D eigenvalue weighted by atomic mass is 9.93. The molecule has 1 unspecified atom stereocenters. The fraction of sp³-hybridized carbons (Fsp3) is 0.452. The van der Waals surface area contributed by atoms with Crippen molar-refractivity contribution in [2.75, 3.05) is 32.9 Å². The van der Waals surface area contributed by atoms with E-state index >= 15 is 0 Å². The summed E-state index contributed by atoms with van der Waals surface area (Å²) in [6.07, 6.45) is 6.56. The minimum Gasteiger partial charge on any atom is -0.456 e. The number of benzene rings is 2. The predicted octanol–water partition coefficient (Wildman–Crippen LogP) is 3.67. The van der Waals surface area contributed by atoms with E-state index in [4.69, 9.17) is 19.9 Å². The number of morpholine rings is 1. The minimum absolute atomic E-state index is 0.0874. The van der Waals surface area contributed by atoms with E-state index in [1.807, 2.05) is 30.4 Å². The lowest BCUT2D eigenvalue weighted by Crippen LogP contribution is -2.49. The molecule has 0 bridgehead atoms. The molecule has 0 aromatic heterocycles. The van der Waals surface area contributed by atoms with Crippen molar-refractivity contribution in [3.63, 3.8) is 0 Å². The smallest absolute Gasteiger partial charge is 0.306 e. The summed E-state index contributed by atoms with van der Waals surface area (Å²) in [5.41, 5.74) is 8.41. The van der Waals surface area contributed by atoms with Gasteiger partial charge in [-0.2, -0.15) is 0 Å². The van der Waals surface area contributed by atoms with Crippen molar-refractivity contribution >= 4 is 17.7 Å². The number of hydrogen-bond donors (Lipinski definition) is 1. The van der Waals surface area contributed by atoms with Gasteiger partial charge in [-0.1, -0.05) is 66.7 Å². The van der Waals surface area contributed by atoms with E-state index in [0.717, 1.165) is 37.1 Å². The number of ether oxygens (including phenoxy) is 3. The van der Waals surface area contributed by atoms with E-state index in [1.165, 1.54) is 5.56 Å². The number of hydrogen-bond acceptors (Lipinski definition) is 7. The van der Waals surface area contributed by atoms with Crippen molar-refractivity contribution in [2.45, 2.75) is 50.9 Å². The van der Waals surface area contributed by atoms with Gasteiger partial charge in [0, 0.05) is 31.8 Å². The molecule has 39 heavy (non-hydrogen) atoms. The highest BCUT2D eigenvalue weighted by Crippen LogP contribution is 2.35. The monoisotopic (exact) mass is 534 g/mol. The third-order valence-electron chi connectivity index (χ3n) is 7.30. The molecule has 1 amide bonds. The number of nitrogens with zero attached hydrogens (tertiary/aromatic N) is 1. The first-order chi connectivity index (χ1) is 19.0. The van der Waals surface area contributed by atoms with E-state index in [1.54, 1.807) is 0 Å². The molecule has 0 radical (unpaired) electrons. The summed E-state index contributed by atoms with van der Waals surface area (Å²) in [6, 6.07) is 18.5. The molecule has 4 rings (SSSR count). The van der Waals surface area contributed by atoms with Crippen molar-refractivity contribution in [3.8, 4) is 11.1 Å². The van der Waals surface area contributed by atoms with Crippen molar-refractivity contribution < 1.29 is 28.6 Å². The summed E-state index contributed by atoms with van der Waals surface area (Å²) in [5, 5.41) is 0. The van der Waals surface area contributed by atoms with Crippen LogP contribution in [0.2, 0.25) is 0 Å². The number of amides is 1. The Morgan fingerprint density at radius 1 is 0.974 bits per heavy atom. The van der Waals surface area contributed by atoms with Gasteiger partial charge in [0.2, 0.25) is 0 Å². The summed E-state index contributed by atoms with van der Waals surface area (Å²) >= 11 is 0. The van der Waals surface area contributed by atoms with E-state index in [2.05, 4.69) is 41.3 Å².